The standard InChI is InChI=1S/C28H34Cl2N4O4S/c1-39(37,38)33-11-7-23(8-12-33)34-13-6-21(28(34)36)16-24-25(29)17-22(18-26(24)30)19-2-4-20(5-3-19)27(35)32-14-9-31-10-15-32/h2-5,17-18,21,23,31H,6-16H2,1H3/t21-/m0/s1. The van der Waals surface area contributed by atoms with Crippen LogP contribution in [0.15, 0.2) is 36.4 Å². The average molecular weight is 594 g/mol. The van der Waals surface area contributed by atoms with E-state index in [2.05, 4.69) is 5.32 Å². The maximum Gasteiger partial charge on any atom is 0.253 e. The molecule has 1 N–H and O–H groups in total. The molecule has 0 aliphatic carbocycles. The quantitative estimate of drug-likeness (QED) is 0.554. The van der Waals surface area contributed by atoms with Gasteiger partial charge in [0.15, 0.2) is 0 Å². The topological polar surface area (TPSA) is 90.0 Å². The monoisotopic (exact) mass is 592 g/mol. The highest BCUT2D eigenvalue weighted by molar-refractivity contribution is 7.88. The number of benzene rings is 2. The van der Waals surface area contributed by atoms with Crippen molar-refractivity contribution in [1.82, 2.24) is 19.4 Å². The molecular formula is C28H34Cl2N4O4S. The van der Waals surface area contributed by atoms with Crippen molar-refractivity contribution in [2.75, 3.05) is 52.1 Å². The summed E-state index contributed by atoms with van der Waals surface area (Å²) in [6, 6.07) is 11.3. The molecule has 3 saturated heterocycles. The van der Waals surface area contributed by atoms with Gasteiger partial charge >= 0.3 is 0 Å². The number of halogens is 2. The van der Waals surface area contributed by atoms with Gasteiger partial charge in [0, 0.05) is 73.4 Å². The number of nitrogens with zero attached hydrogens (tertiary/aromatic N) is 3. The number of amides is 2. The molecule has 2 aromatic carbocycles. The molecule has 39 heavy (non-hydrogen) atoms. The van der Waals surface area contributed by atoms with Gasteiger partial charge in [-0.3, -0.25) is 9.59 Å². The van der Waals surface area contributed by atoms with Crippen LogP contribution in [0, 0.1) is 5.92 Å². The Hall–Kier alpha value is -2.17. The molecule has 0 aromatic heterocycles. The third-order valence-corrected chi connectivity index (χ3v) is 10.1. The van der Waals surface area contributed by atoms with Crippen LogP contribution in [0.3, 0.4) is 0 Å². The van der Waals surface area contributed by atoms with Gasteiger partial charge in [0.05, 0.1) is 6.26 Å². The van der Waals surface area contributed by atoms with E-state index in [4.69, 9.17) is 23.2 Å². The van der Waals surface area contributed by atoms with Crippen LogP contribution in [0.5, 0.6) is 0 Å². The molecular weight excluding hydrogens is 559 g/mol. The van der Waals surface area contributed by atoms with Crippen molar-refractivity contribution < 1.29 is 18.0 Å². The first-order chi connectivity index (χ1) is 18.6. The number of hydrogen-bond donors (Lipinski definition) is 1. The smallest absolute Gasteiger partial charge is 0.253 e. The maximum atomic E-state index is 13.3. The second-order valence-corrected chi connectivity index (χ2v) is 13.4. The molecule has 11 heteroatoms. The van der Waals surface area contributed by atoms with Gasteiger partial charge in [0.1, 0.15) is 0 Å². The lowest BCUT2D eigenvalue weighted by molar-refractivity contribution is -0.133. The molecule has 0 saturated carbocycles. The lowest BCUT2D eigenvalue weighted by Gasteiger charge is -2.35. The molecule has 5 rings (SSSR count). The Morgan fingerprint density at radius 2 is 1.54 bits per heavy atom. The highest BCUT2D eigenvalue weighted by atomic mass is 35.5. The van der Waals surface area contributed by atoms with Gasteiger partial charge in [0.25, 0.3) is 5.91 Å². The van der Waals surface area contributed by atoms with Gasteiger partial charge < -0.3 is 15.1 Å². The summed E-state index contributed by atoms with van der Waals surface area (Å²) < 4.78 is 25.1. The second-order valence-electron chi connectivity index (χ2n) is 10.7. The summed E-state index contributed by atoms with van der Waals surface area (Å²) in [5.74, 6) is -0.0754. The SMILES string of the molecule is CS(=O)(=O)N1CCC(N2CC[C@@H](Cc3c(Cl)cc(-c4ccc(C(=O)N5CCNCC5)cc4)cc3Cl)C2=O)CC1. The molecule has 8 nitrogen and oxygen atoms in total. The fourth-order valence-electron chi connectivity index (χ4n) is 5.87. The molecule has 210 valence electrons. The molecule has 0 unspecified atom stereocenters. The zero-order valence-electron chi connectivity index (χ0n) is 22.0. The number of carbonyl (C=O) groups is 2. The fraction of sp³-hybridized carbons (Fsp3) is 0.500. The molecule has 3 heterocycles. The van der Waals surface area contributed by atoms with Crippen molar-refractivity contribution in [3.8, 4) is 11.1 Å². The van der Waals surface area contributed by atoms with E-state index in [1.54, 1.807) is 0 Å². The lowest BCUT2D eigenvalue weighted by atomic mass is 9.95. The summed E-state index contributed by atoms with van der Waals surface area (Å²) >= 11 is 13.4. The molecule has 0 spiro atoms. The third-order valence-electron chi connectivity index (χ3n) is 8.14. The number of sulfonamides is 1. The van der Waals surface area contributed by atoms with E-state index in [1.807, 2.05) is 46.2 Å². The molecule has 3 fully saturated rings. The first kappa shape index (κ1) is 28.4. The Kier molecular flexibility index (Phi) is 8.54. The number of rotatable bonds is 6. The third kappa shape index (κ3) is 6.28. The van der Waals surface area contributed by atoms with Gasteiger partial charge in [-0.1, -0.05) is 35.3 Å². The van der Waals surface area contributed by atoms with Gasteiger partial charge in [0.2, 0.25) is 15.9 Å². The summed E-state index contributed by atoms with van der Waals surface area (Å²) in [6.45, 7) is 4.59. The van der Waals surface area contributed by atoms with Crippen LogP contribution >= 0.6 is 23.2 Å². The van der Waals surface area contributed by atoms with Crippen molar-refractivity contribution >= 4 is 45.0 Å². The number of hydrogen-bond acceptors (Lipinski definition) is 5. The largest absolute Gasteiger partial charge is 0.339 e. The highest BCUT2D eigenvalue weighted by Gasteiger charge is 2.38. The summed E-state index contributed by atoms with van der Waals surface area (Å²) in [6.07, 6.45) is 3.73. The highest BCUT2D eigenvalue weighted by Crippen LogP contribution is 2.36. The number of piperidine rings is 1. The van der Waals surface area contributed by atoms with Gasteiger partial charge in [-0.2, -0.15) is 0 Å². The Morgan fingerprint density at radius 3 is 2.13 bits per heavy atom. The van der Waals surface area contributed by atoms with E-state index in [0.29, 0.717) is 67.6 Å². The summed E-state index contributed by atoms with van der Waals surface area (Å²) in [5.41, 5.74) is 3.18. The summed E-state index contributed by atoms with van der Waals surface area (Å²) in [7, 11) is -3.20. The first-order valence-electron chi connectivity index (χ1n) is 13.5. The fourth-order valence-corrected chi connectivity index (χ4v) is 7.38. The number of carbonyl (C=O) groups excluding carboxylic acids is 2. The zero-order valence-corrected chi connectivity index (χ0v) is 24.4. The molecule has 2 amide bonds. The first-order valence-corrected chi connectivity index (χ1v) is 16.1. The summed E-state index contributed by atoms with van der Waals surface area (Å²) in [5, 5.41) is 4.29. The van der Waals surface area contributed by atoms with Crippen molar-refractivity contribution in [2.45, 2.75) is 31.7 Å². The van der Waals surface area contributed by atoms with Crippen LogP contribution in [-0.4, -0.2) is 92.4 Å². The Labute approximate surface area is 240 Å². The predicted molar refractivity (Wildman–Crippen MR) is 154 cm³/mol. The maximum absolute atomic E-state index is 13.3. The van der Waals surface area contributed by atoms with Crippen LogP contribution in [0.1, 0.15) is 35.2 Å². The van der Waals surface area contributed by atoms with Crippen LogP contribution in [0.25, 0.3) is 11.1 Å². The van der Waals surface area contributed by atoms with E-state index in [9.17, 15) is 18.0 Å². The van der Waals surface area contributed by atoms with Crippen molar-refractivity contribution in [1.29, 1.82) is 0 Å². The zero-order chi connectivity index (χ0) is 27.7. The van der Waals surface area contributed by atoms with Crippen LogP contribution in [0.4, 0.5) is 0 Å². The van der Waals surface area contributed by atoms with E-state index >= 15 is 0 Å². The normalized spacial score (nSPS) is 21.5. The predicted octanol–water partition coefficient (Wildman–Crippen LogP) is 3.52. The van der Waals surface area contributed by atoms with Gasteiger partial charge in [-0.25, -0.2) is 12.7 Å². The lowest BCUT2D eigenvalue weighted by Crippen LogP contribution is -2.47. The van der Waals surface area contributed by atoms with Gasteiger partial charge in [-0.05, 0) is 66.6 Å². The molecule has 2 aromatic rings. The van der Waals surface area contributed by atoms with Crippen molar-refractivity contribution in [3.05, 3.63) is 57.6 Å². The molecule has 0 radical (unpaired) electrons. The average Bonchev–Trinajstić information content (AvgIpc) is 3.30. The minimum Gasteiger partial charge on any atom is -0.339 e. The van der Waals surface area contributed by atoms with Crippen LogP contribution in [0.2, 0.25) is 10.0 Å². The van der Waals surface area contributed by atoms with Gasteiger partial charge in [-0.15, -0.1) is 0 Å². The Bertz CT molecular complexity index is 1310. The van der Waals surface area contributed by atoms with E-state index in [0.717, 1.165) is 36.2 Å². The Balaban J connectivity index is 1.23. The van der Waals surface area contributed by atoms with E-state index < -0.39 is 10.0 Å². The molecule has 3 aliphatic rings. The van der Waals surface area contributed by atoms with E-state index in [-0.39, 0.29) is 23.8 Å². The minimum absolute atomic E-state index is 0.0330. The van der Waals surface area contributed by atoms with E-state index in [1.165, 1.54) is 10.6 Å². The van der Waals surface area contributed by atoms with Crippen molar-refractivity contribution in [2.24, 2.45) is 5.92 Å². The van der Waals surface area contributed by atoms with Crippen LogP contribution < -0.4 is 5.32 Å². The second kappa shape index (κ2) is 11.7. The van der Waals surface area contributed by atoms with Crippen molar-refractivity contribution in [3.63, 3.8) is 0 Å². The molecule has 3 aliphatic heterocycles. The summed E-state index contributed by atoms with van der Waals surface area (Å²) in [4.78, 5) is 29.8. The van der Waals surface area contributed by atoms with Crippen LogP contribution in [-0.2, 0) is 21.2 Å². The Morgan fingerprint density at radius 1 is 0.923 bits per heavy atom. The number of likely N-dealkylation sites (tertiary alicyclic amines) is 1. The number of nitrogens with one attached hydrogen (secondary N) is 1. The minimum atomic E-state index is -3.20. The molecule has 0 bridgehead atoms. The molecule has 1 atom stereocenters. The number of piperazine rings is 1.